The molecule has 0 atom stereocenters. The van der Waals surface area contributed by atoms with Gasteiger partial charge in [-0.15, -0.1) is 0 Å². The van der Waals surface area contributed by atoms with Crippen LogP contribution in [0.5, 0.6) is 0 Å². The molecule has 10 heteroatoms. The average molecular weight is 373 g/mol. The van der Waals surface area contributed by atoms with E-state index in [9.17, 15) is 27.6 Å². The van der Waals surface area contributed by atoms with E-state index >= 15 is 0 Å². The lowest BCUT2D eigenvalue weighted by Gasteiger charge is -2.35. The molecule has 0 bridgehead atoms. The molecule has 1 aromatic rings. The van der Waals surface area contributed by atoms with Crippen molar-refractivity contribution in [2.45, 2.75) is 31.6 Å². The number of halogens is 3. The van der Waals surface area contributed by atoms with Crippen LogP contribution >= 0.6 is 0 Å². The molecular formula is C16H18F3N3O4. The van der Waals surface area contributed by atoms with Crippen molar-refractivity contribution in [3.8, 4) is 0 Å². The molecule has 2 aliphatic rings. The highest BCUT2D eigenvalue weighted by atomic mass is 19.4. The van der Waals surface area contributed by atoms with Crippen LogP contribution in [0.2, 0.25) is 0 Å². The molecule has 0 aliphatic carbocycles. The standard InChI is InChI=1S/C16H18F3N3O4/c17-16(18,19)12-2-1-5-21(14(12)24)10-13(23)20-6-3-11(4-7-20)22-8-9-26-15(22)25/h1-2,5,11H,3-4,6-10H2. The maximum absolute atomic E-state index is 12.8. The predicted octanol–water partition coefficient (Wildman–Crippen LogP) is 1.31. The molecule has 26 heavy (non-hydrogen) atoms. The second-order valence-corrected chi connectivity index (χ2v) is 6.27. The van der Waals surface area contributed by atoms with Gasteiger partial charge in [-0.05, 0) is 25.0 Å². The minimum Gasteiger partial charge on any atom is -0.448 e. The Balaban J connectivity index is 1.62. The summed E-state index contributed by atoms with van der Waals surface area (Å²) in [7, 11) is 0. The molecule has 3 rings (SSSR count). The number of hydrogen-bond acceptors (Lipinski definition) is 4. The molecule has 7 nitrogen and oxygen atoms in total. The Kier molecular flexibility index (Phi) is 4.92. The number of likely N-dealkylation sites (tertiary alicyclic amines) is 1. The highest BCUT2D eigenvalue weighted by Crippen LogP contribution is 2.26. The van der Waals surface area contributed by atoms with Crippen LogP contribution in [0.15, 0.2) is 23.1 Å². The van der Waals surface area contributed by atoms with Gasteiger partial charge in [-0.3, -0.25) is 9.59 Å². The number of nitrogens with zero attached hydrogens (tertiary/aromatic N) is 3. The normalized spacial score (nSPS) is 19.0. The minimum atomic E-state index is -4.76. The number of aromatic nitrogens is 1. The molecule has 0 saturated carbocycles. The summed E-state index contributed by atoms with van der Waals surface area (Å²) in [4.78, 5) is 39.0. The molecule has 0 aromatic carbocycles. The number of pyridine rings is 1. The molecule has 3 heterocycles. The van der Waals surface area contributed by atoms with Crippen LogP contribution in [0.3, 0.4) is 0 Å². The number of carbonyl (C=O) groups is 2. The van der Waals surface area contributed by atoms with Gasteiger partial charge in [0, 0.05) is 25.3 Å². The van der Waals surface area contributed by atoms with Gasteiger partial charge in [-0.25, -0.2) is 4.79 Å². The van der Waals surface area contributed by atoms with E-state index in [0.717, 1.165) is 10.6 Å². The van der Waals surface area contributed by atoms with E-state index in [1.54, 1.807) is 4.90 Å². The van der Waals surface area contributed by atoms with Crippen molar-refractivity contribution in [3.63, 3.8) is 0 Å². The molecule has 0 spiro atoms. The van der Waals surface area contributed by atoms with Crippen LogP contribution in [0.1, 0.15) is 18.4 Å². The highest BCUT2D eigenvalue weighted by Gasteiger charge is 2.35. The Morgan fingerprint density at radius 3 is 2.46 bits per heavy atom. The second-order valence-electron chi connectivity index (χ2n) is 6.27. The lowest BCUT2D eigenvalue weighted by Crippen LogP contribution is -2.48. The Morgan fingerprint density at radius 1 is 1.19 bits per heavy atom. The van der Waals surface area contributed by atoms with E-state index < -0.39 is 29.8 Å². The van der Waals surface area contributed by atoms with Crippen molar-refractivity contribution in [1.29, 1.82) is 0 Å². The fourth-order valence-corrected chi connectivity index (χ4v) is 3.29. The summed E-state index contributed by atoms with van der Waals surface area (Å²) in [5.41, 5.74) is -2.53. The predicted molar refractivity (Wildman–Crippen MR) is 83.4 cm³/mol. The number of ether oxygens (including phenoxy) is 1. The molecular weight excluding hydrogens is 355 g/mol. The zero-order valence-electron chi connectivity index (χ0n) is 13.9. The summed E-state index contributed by atoms with van der Waals surface area (Å²) in [5, 5.41) is 0. The third kappa shape index (κ3) is 3.68. The smallest absolute Gasteiger partial charge is 0.421 e. The monoisotopic (exact) mass is 373 g/mol. The number of alkyl halides is 3. The van der Waals surface area contributed by atoms with Crippen LogP contribution in [0.25, 0.3) is 0 Å². The largest absolute Gasteiger partial charge is 0.448 e. The van der Waals surface area contributed by atoms with Gasteiger partial charge >= 0.3 is 12.3 Å². The summed E-state index contributed by atoms with van der Waals surface area (Å²) in [6.45, 7) is 1.19. The molecule has 2 aliphatic heterocycles. The van der Waals surface area contributed by atoms with E-state index in [-0.39, 0.29) is 12.1 Å². The number of carbonyl (C=O) groups excluding carboxylic acids is 2. The topological polar surface area (TPSA) is 71.8 Å². The quantitative estimate of drug-likeness (QED) is 0.801. The Bertz CT molecular complexity index is 754. The lowest BCUT2D eigenvalue weighted by atomic mass is 10.0. The average Bonchev–Trinajstić information content (AvgIpc) is 3.02. The third-order valence-corrected chi connectivity index (χ3v) is 4.68. The molecule has 2 fully saturated rings. The number of rotatable bonds is 3. The summed E-state index contributed by atoms with van der Waals surface area (Å²) >= 11 is 0. The first-order chi connectivity index (χ1) is 12.3. The highest BCUT2D eigenvalue weighted by molar-refractivity contribution is 5.76. The molecule has 0 unspecified atom stereocenters. The van der Waals surface area contributed by atoms with Gasteiger partial charge in [0.2, 0.25) is 5.91 Å². The lowest BCUT2D eigenvalue weighted by molar-refractivity contribution is -0.140. The van der Waals surface area contributed by atoms with E-state index in [4.69, 9.17) is 4.74 Å². The van der Waals surface area contributed by atoms with E-state index in [0.29, 0.717) is 45.1 Å². The van der Waals surface area contributed by atoms with Crippen molar-refractivity contribution in [3.05, 3.63) is 34.2 Å². The maximum atomic E-state index is 12.8. The molecule has 1 aromatic heterocycles. The summed E-state index contributed by atoms with van der Waals surface area (Å²) in [6.07, 6.45) is -2.81. The van der Waals surface area contributed by atoms with Crippen molar-refractivity contribution in [2.24, 2.45) is 0 Å². The molecule has 0 N–H and O–H groups in total. The Morgan fingerprint density at radius 2 is 1.88 bits per heavy atom. The number of piperidine rings is 1. The van der Waals surface area contributed by atoms with Crippen molar-refractivity contribution in [1.82, 2.24) is 14.4 Å². The molecule has 0 radical (unpaired) electrons. The zero-order chi connectivity index (χ0) is 18.9. The van der Waals surface area contributed by atoms with Gasteiger partial charge in [0.05, 0.1) is 6.54 Å². The number of amides is 2. The first-order valence-corrected chi connectivity index (χ1v) is 8.25. The summed E-state index contributed by atoms with van der Waals surface area (Å²) in [5.74, 6) is -0.422. The van der Waals surface area contributed by atoms with Gasteiger partial charge in [-0.1, -0.05) is 0 Å². The number of cyclic esters (lactones) is 1. The number of hydrogen-bond donors (Lipinski definition) is 0. The van der Waals surface area contributed by atoms with Crippen LogP contribution in [0.4, 0.5) is 18.0 Å². The van der Waals surface area contributed by atoms with Crippen molar-refractivity contribution in [2.75, 3.05) is 26.2 Å². The van der Waals surface area contributed by atoms with E-state index in [1.807, 2.05) is 0 Å². The summed E-state index contributed by atoms with van der Waals surface area (Å²) in [6, 6.07) is 1.79. The Hall–Kier alpha value is -2.52. The fourth-order valence-electron chi connectivity index (χ4n) is 3.29. The van der Waals surface area contributed by atoms with Gasteiger partial charge in [0.1, 0.15) is 18.7 Å². The van der Waals surface area contributed by atoms with Gasteiger partial charge in [0.15, 0.2) is 0 Å². The van der Waals surface area contributed by atoms with Gasteiger partial charge < -0.3 is 19.1 Å². The van der Waals surface area contributed by atoms with Gasteiger partial charge in [-0.2, -0.15) is 13.2 Å². The molecule has 142 valence electrons. The zero-order valence-corrected chi connectivity index (χ0v) is 13.9. The third-order valence-electron chi connectivity index (χ3n) is 4.68. The van der Waals surface area contributed by atoms with Crippen LogP contribution < -0.4 is 5.56 Å². The fraction of sp³-hybridized carbons (Fsp3) is 0.562. The first kappa shape index (κ1) is 18.3. The minimum absolute atomic E-state index is 0.00895. The first-order valence-electron chi connectivity index (χ1n) is 8.25. The SMILES string of the molecule is O=C(Cn1cccc(C(F)(F)F)c1=O)N1CCC(N2CCOC2=O)CC1. The van der Waals surface area contributed by atoms with E-state index in [1.165, 1.54) is 11.1 Å². The van der Waals surface area contributed by atoms with Crippen molar-refractivity contribution < 1.29 is 27.5 Å². The van der Waals surface area contributed by atoms with E-state index in [2.05, 4.69) is 0 Å². The van der Waals surface area contributed by atoms with Crippen LogP contribution in [0, 0.1) is 0 Å². The molecule has 2 amide bonds. The van der Waals surface area contributed by atoms with Crippen molar-refractivity contribution >= 4 is 12.0 Å². The van der Waals surface area contributed by atoms with Crippen LogP contribution in [-0.4, -0.2) is 58.7 Å². The van der Waals surface area contributed by atoms with Crippen LogP contribution in [-0.2, 0) is 22.3 Å². The van der Waals surface area contributed by atoms with Gasteiger partial charge in [0.25, 0.3) is 5.56 Å². The second kappa shape index (κ2) is 7.00. The summed E-state index contributed by atoms with van der Waals surface area (Å²) < 4.78 is 44.1. The Labute approximate surface area is 146 Å². The maximum Gasteiger partial charge on any atom is 0.421 e. The molecule has 2 saturated heterocycles.